The van der Waals surface area contributed by atoms with Crippen LogP contribution in [-0.2, 0) is 10.9 Å². The van der Waals surface area contributed by atoms with Crippen molar-refractivity contribution in [3.8, 4) is 16.9 Å². The Morgan fingerprint density at radius 1 is 1.24 bits per heavy atom. The highest BCUT2D eigenvalue weighted by Crippen LogP contribution is 2.36. The summed E-state index contributed by atoms with van der Waals surface area (Å²) in [7, 11) is 0. The van der Waals surface area contributed by atoms with Crippen LogP contribution < -0.4 is 10.5 Å². The third-order valence-electron chi connectivity index (χ3n) is 4.69. The Morgan fingerprint density at radius 2 is 1.97 bits per heavy atom. The van der Waals surface area contributed by atoms with E-state index in [0.29, 0.717) is 55.4 Å². The molecule has 0 saturated carbocycles. The molecule has 1 atom stereocenters. The van der Waals surface area contributed by atoms with E-state index in [1.807, 2.05) is 4.90 Å². The first-order valence-electron chi connectivity index (χ1n) is 9.28. The molecule has 1 fully saturated rings. The van der Waals surface area contributed by atoms with Gasteiger partial charge >= 0.3 is 6.18 Å². The molecule has 1 unspecified atom stereocenters. The van der Waals surface area contributed by atoms with Gasteiger partial charge in [0.25, 0.3) is 0 Å². The molecule has 2 heterocycles. The molecule has 0 bridgehead atoms. The Bertz CT molecular complexity index is 839. The van der Waals surface area contributed by atoms with Crippen molar-refractivity contribution in [1.82, 2.24) is 9.88 Å². The number of ether oxygens (including phenoxy) is 2. The van der Waals surface area contributed by atoms with Crippen LogP contribution in [-0.4, -0.2) is 60.5 Å². The molecular weight excluding hydrogens is 387 g/mol. The molecule has 1 saturated heterocycles. The van der Waals surface area contributed by atoms with Crippen LogP contribution >= 0.6 is 0 Å². The zero-order chi connectivity index (χ0) is 21.0. The molecule has 3 rings (SSSR count). The SMILES string of the molecule is Cc1cc(N)ncc1-c1cc(OCC(O)CN2CCOCC2)cc(C(F)(F)F)c1. The van der Waals surface area contributed by atoms with Crippen LogP contribution in [0.5, 0.6) is 5.75 Å². The first-order valence-corrected chi connectivity index (χ1v) is 9.28. The first-order chi connectivity index (χ1) is 13.7. The van der Waals surface area contributed by atoms with Gasteiger partial charge in [0.1, 0.15) is 24.3 Å². The Balaban J connectivity index is 1.78. The summed E-state index contributed by atoms with van der Waals surface area (Å²) in [6.07, 6.45) is -3.92. The van der Waals surface area contributed by atoms with Gasteiger partial charge in [-0.3, -0.25) is 4.90 Å². The molecule has 6 nitrogen and oxygen atoms in total. The Hall–Kier alpha value is -2.36. The number of nitrogen functional groups attached to an aromatic ring is 1. The zero-order valence-electron chi connectivity index (χ0n) is 16.1. The summed E-state index contributed by atoms with van der Waals surface area (Å²) in [5.74, 6) is 0.327. The Morgan fingerprint density at radius 3 is 2.62 bits per heavy atom. The second-order valence-corrected chi connectivity index (χ2v) is 7.05. The van der Waals surface area contributed by atoms with Crippen molar-refractivity contribution in [2.45, 2.75) is 19.2 Å². The molecular formula is C20H24F3N3O3. The van der Waals surface area contributed by atoms with Gasteiger partial charge in [-0.25, -0.2) is 4.98 Å². The first kappa shape index (κ1) is 21.4. The van der Waals surface area contributed by atoms with Crippen LogP contribution in [0, 0.1) is 6.92 Å². The number of hydrogen-bond acceptors (Lipinski definition) is 6. The van der Waals surface area contributed by atoms with Crippen molar-refractivity contribution >= 4 is 5.82 Å². The average molecular weight is 411 g/mol. The maximum Gasteiger partial charge on any atom is 0.416 e. The highest BCUT2D eigenvalue weighted by Gasteiger charge is 2.32. The fraction of sp³-hybridized carbons (Fsp3) is 0.450. The van der Waals surface area contributed by atoms with Gasteiger partial charge < -0.3 is 20.3 Å². The number of aryl methyl sites for hydroxylation is 1. The van der Waals surface area contributed by atoms with Crippen LogP contribution in [0.2, 0.25) is 0 Å². The molecule has 0 radical (unpaired) electrons. The van der Waals surface area contributed by atoms with Gasteiger partial charge in [-0.05, 0) is 42.3 Å². The lowest BCUT2D eigenvalue weighted by Gasteiger charge is -2.28. The molecule has 1 aromatic heterocycles. The number of nitrogens with two attached hydrogens (primary N) is 1. The lowest BCUT2D eigenvalue weighted by Crippen LogP contribution is -2.42. The monoisotopic (exact) mass is 411 g/mol. The predicted octanol–water partition coefficient (Wildman–Crippen LogP) is 2.73. The predicted molar refractivity (Wildman–Crippen MR) is 103 cm³/mol. The molecule has 1 aliphatic heterocycles. The number of alkyl halides is 3. The molecule has 1 aromatic carbocycles. The standard InChI is InChI=1S/C20H24F3N3O3/c1-13-6-19(24)25-10-18(13)14-7-15(20(21,22)23)9-17(8-14)29-12-16(27)11-26-2-4-28-5-3-26/h6-10,16,27H,2-5,11-12H2,1H3,(H2,24,25). The van der Waals surface area contributed by atoms with Crippen LogP contribution in [0.3, 0.4) is 0 Å². The van der Waals surface area contributed by atoms with E-state index in [9.17, 15) is 18.3 Å². The topological polar surface area (TPSA) is 80.8 Å². The van der Waals surface area contributed by atoms with Gasteiger partial charge in [-0.1, -0.05) is 0 Å². The maximum absolute atomic E-state index is 13.4. The summed E-state index contributed by atoms with van der Waals surface area (Å²) in [6.45, 7) is 4.61. The van der Waals surface area contributed by atoms with Crippen LogP contribution in [0.15, 0.2) is 30.5 Å². The minimum absolute atomic E-state index is 0.0343. The number of β-amino-alcohol motifs (C(OH)–C–C–N with tert-alkyl or cyclic N) is 1. The number of anilines is 1. The minimum atomic E-state index is -4.53. The van der Waals surface area contributed by atoms with Crippen molar-refractivity contribution in [2.24, 2.45) is 0 Å². The normalized spacial score (nSPS) is 16.6. The zero-order valence-corrected chi connectivity index (χ0v) is 16.1. The number of nitrogens with zero attached hydrogens (tertiary/aromatic N) is 2. The average Bonchev–Trinajstić information content (AvgIpc) is 2.66. The summed E-state index contributed by atoms with van der Waals surface area (Å²) in [5, 5.41) is 10.2. The van der Waals surface area contributed by atoms with E-state index in [-0.39, 0.29) is 12.4 Å². The molecule has 0 spiro atoms. The smallest absolute Gasteiger partial charge is 0.416 e. The summed E-state index contributed by atoms with van der Waals surface area (Å²) in [6, 6.07) is 5.10. The second-order valence-electron chi connectivity index (χ2n) is 7.05. The van der Waals surface area contributed by atoms with E-state index in [4.69, 9.17) is 15.2 Å². The third kappa shape index (κ3) is 5.81. The van der Waals surface area contributed by atoms with Gasteiger partial charge in [0.2, 0.25) is 0 Å². The molecule has 1 aliphatic rings. The van der Waals surface area contributed by atoms with E-state index >= 15 is 0 Å². The third-order valence-corrected chi connectivity index (χ3v) is 4.69. The van der Waals surface area contributed by atoms with Crippen molar-refractivity contribution in [3.63, 3.8) is 0 Å². The molecule has 0 aliphatic carbocycles. The van der Waals surface area contributed by atoms with E-state index in [1.54, 1.807) is 13.0 Å². The second kappa shape index (κ2) is 8.98. The molecule has 3 N–H and O–H groups in total. The van der Waals surface area contributed by atoms with Crippen LogP contribution in [0.25, 0.3) is 11.1 Å². The lowest BCUT2D eigenvalue weighted by molar-refractivity contribution is -0.137. The summed E-state index contributed by atoms with van der Waals surface area (Å²) < 4.78 is 50.9. The van der Waals surface area contributed by atoms with Crippen molar-refractivity contribution in [2.75, 3.05) is 45.2 Å². The van der Waals surface area contributed by atoms with E-state index < -0.39 is 17.8 Å². The summed E-state index contributed by atoms with van der Waals surface area (Å²) in [4.78, 5) is 6.00. The molecule has 29 heavy (non-hydrogen) atoms. The van der Waals surface area contributed by atoms with E-state index in [1.165, 1.54) is 12.3 Å². The van der Waals surface area contributed by atoms with Gasteiger partial charge in [0.05, 0.1) is 18.8 Å². The number of aliphatic hydroxyl groups excluding tert-OH is 1. The Labute approximate surface area is 167 Å². The van der Waals surface area contributed by atoms with Crippen LogP contribution in [0.1, 0.15) is 11.1 Å². The number of rotatable bonds is 6. The quantitative estimate of drug-likeness (QED) is 0.761. The van der Waals surface area contributed by atoms with Crippen LogP contribution in [0.4, 0.5) is 19.0 Å². The fourth-order valence-electron chi connectivity index (χ4n) is 3.21. The number of hydrogen-bond donors (Lipinski definition) is 2. The van der Waals surface area contributed by atoms with E-state index in [2.05, 4.69) is 4.98 Å². The van der Waals surface area contributed by atoms with Crippen molar-refractivity contribution in [3.05, 3.63) is 41.6 Å². The molecule has 2 aromatic rings. The minimum Gasteiger partial charge on any atom is -0.491 e. The summed E-state index contributed by atoms with van der Waals surface area (Å²) in [5.41, 5.74) is 6.36. The Kier molecular flexibility index (Phi) is 6.61. The lowest BCUT2D eigenvalue weighted by atomic mass is 10.00. The number of aromatic nitrogens is 1. The fourth-order valence-corrected chi connectivity index (χ4v) is 3.21. The number of halogens is 3. The van der Waals surface area contributed by atoms with Gasteiger partial charge in [-0.15, -0.1) is 0 Å². The number of benzene rings is 1. The molecule has 9 heteroatoms. The number of aliphatic hydroxyl groups is 1. The van der Waals surface area contributed by atoms with E-state index in [0.717, 1.165) is 12.1 Å². The highest BCUT2D eigenvalue weighted by atomic mass is 19.4. The summed E-state index contributed by atoms with van der Waals surface area (Å²) >= 11 is 0. The maximum atomic E-state index is 13.4. The van der Waals surface area contributed by atoms with Gasteiger partial charge in [0, 0.05) is 31.4 Å². The molecule has 158 valence electrons. The number of pyridine rings is 1. The molecule has 0 amide bonds. The largest absolute Gasteiger partial charge is 0.491 e. The van der Waals surface area contributed by atoms with Gasteiger partial charge in [0.15, 0.2) is 0 Å². The highest BCUT2D eigenvalue weighted by molar-refractivity contribution is 5.70. The van der Waals surface area contributed by atoms with Gasteiger partial charge in [-0.2, -0.15) is 13.2 Å². The number of morpholine rings is 1. The van der Waals surface area contributed by atoms with Crippen molar-refractivity contribution < 1.29 is 27.8 Å². The van der Waals surface area contributed by atoms with Crippen molar-refractivity contribution in [1.29, 1.82) is 0 Å².